The number of rotatable bonds is 3. The third kappa shape index (κ3) is 2.91. The van der Waals surface area contributed by atoms with Crippen molar-refractivity contribution < 1.29 is 9.84 Å². The fourth-order valence-corrected chi connectivity index (χ4v) is 3.01. The molecule has 0 amide bonds. The van der Waals surface area contributed by atoms with Crippen LogP contribution in [0, 0.1) is 0 Å². The van der Waals surface area contributed by atoms with Gasteiger partial charge in [-0.1, -0.05) is 0 Å². The van der Waals surface area contributed by atoms with Gasteiger partial charge in [-0.15, -0.1) is 0 Å². The lowest BCUT2D eigenvalue weighted by molar-refractivity contribution is 0.122. The number of phenols is 1. The summed E-state index contributed by atoms with van der Waals surface area (Å²) < 4.78 is 7.50. The minimum absolute atomic E-state index is 0.232. The van der Waals surface area contributed by atoms with Gasteiger partial charge in [0.25, 0.3) is 0 Å². The Bertz CT molecular complexity index is 882. The second kappa shape index (κ2) is 6.33. The van der Waals surface area contributed by atoms with Gasteiger partial charge >= 0.3 is 0 Å². The molecule has 1 saturated heterocycles. The van der Waals surface area contributed by atoms with Crippen LogP contribution >= 0.6 is 0 Å². The summed E-state index contributed by atoms with van der Waals surface area (Å²) in [6.07, 6.45) is 1.82. The molecule has 3 aromatic rings. The molecule has 2 aromatic heterocycles. The number of morpholine rings is 1. The quantitative estimate of drug-likeness (QED) is 0.790. The summed E-state index contributed by atoms with van der Waals surface area (Å²) in [6, 6.07) is 7.29. The van der Waals surface area contributed by atoms with Crippen LogP contribution in [0.4, 0.5) is 5.95 Å². The highest BCUT2D eigenvalue weighted by Crippen LogP contribution is 2.29. The van der Waals surface area contributed by atoms with Crippen molar-refractivity contribution in [3.63, 3.8) is 0 Å². The Labute approximate surface area is 145 Å². The molecule has 7 heteroatoms. The van der Waals surface area contributed by atoms with Gasteiger partial charge < -0.3 is 19.3 Å². The van der Waals surface area contributed by atoms with Crippen molar-refractivity contribution in [2.24, 2.45) is 0 Å². The van der Waals surface area contributed by atoms with E-state index in [4.69, 9.17) is 14.7 Å². The predicted octanol–water partition coefficient (Wildman–Crippen LogP) is 2.62. The molecular formula is C18H21N5O2. The number of ether oxygens (including phenoxy) is 1. The monoisotopic (exact) mass is 339 g/mol. The zero-order valence-corrected chi connectivity index (χ0v) is 14.4. The van der Waals surface area contributed by atoms with E-state index in [9.17, 15) is 5.11 Å². The van der Waals surface area contributed by atoms with Crippen LogP contribution in [0.25, 0.3) is 22.4 Å². The van der Waals surface area contributed by atoms with Gasteiger partial charge in [-0.3, -0.25) is 0 Å². The van der Waals surface area contributed by atoms with E-state index >= 15 is 0 Å². The molecule has 0 aliphatic carbocycles. The van der Waals surface area contributed by atoms with Crippen molar-refractivity contribution in [1.82, 2.24) is 19.5 Å². The van der Waals surface area contributed by atoms with Crippen LogP contribution < -0.4 is 4.90 Å². The Balaban J connectivity index is 1.91. The summed E-state index contributed by atoms with van der Waals surface area (Å²) in [4.78, 5) is 16.3. The Morgan fingerprint density at radius 1 is 1.08 bits per heavy atom. The lowest BCUT2D eigenvalue weighted by Crippen LogP contribution is -2.37. The van der Waals surface area contributed by atoms with Gasteiger partial charge in [0.2, 0.25) is 5.95 Å². The highest BCUT2D eigenvalue weighted by Gasteiger charge is 2.20. The second-order valence-corrected chi connectivity index (χ2v) is 6.44. The molecule has 0 radical (unpaired) electrons. The number of nitrogens with zero attached hydrogens (tertiary/aromatic N) is 5. The van der Waals surface area contributed by atoms with Crippen LogP contribution in [0.5, 0.6) is 5.75 Å². The van der Waals surface area contributed by atoms with E-state index < -0.39 is 0 Å². The van der Waals surface area contributed by atoms with E-state index in [1.54, 1.807) is 12.1 Å². The summed E-state index contributed by atoms with van der Waals surface area (Å²) in [6.45, 7) is 7.13. The standard InChI is InChI=1S/C18H21N5O2/c1-12(2)23-11-19-16-15(13-3-5-14(24)6-4-13)20-18(21-17(16)23)22-7-9-25-10-8-22/h3-6,11-12,24H,7-10H2,1-2H3. The number of hydrogen-bond donors (Lipinski definition) is 1. The summed E-state index contributed by atoms with van der Waals surface area (Å²) in [7, 11) is 0. The van der Waals surface area contributed by atoms with E-state index in [1.165, 1.54) is 0 Å². The van der Waals surface area contributed by atoms with E-state index in [0.29, 0.717) is 19.2 Å². The van der Waals surface area contributed by atoms with Gasteiger partial charge in [0.1, 0.15) is 17.0 Å². The Hall–Kier alpha value is -2.67. The number of fused-ring (bicyclic) bond motifs is 1. The molecule has 1 aliphatic rings. The minimum Gasteiger partial charge on any atom is -0.508 e. The molecule has 0 spiro atoms. The van der Waals surface area contributed by atoms with Crippen molar-refractivity contribution in [3.8, 4) is 17.0 Å². The van der Waals surface area contributed by atoms with Gasteiger partial charge in [-0.05, 0) is 38.1 Å². The third-order valence-electron chi connectivity index (χ3n) is 4.40. The average Bonchev–Trinajstić information content (AvgIpc) is 3.07. The Morgan fingerprint density at radius 3 is 2.48 bits per heavy atom. The maximum Gasteiger partial charge on any atom is 0.228 e. The highest BCUT2D eigenvalue weighted by atomic mass is 16.5. The van der Waals surface area contributed by atoms with Gasteiger partial charge in [-0.25, -0.2) is 9.97 Å². The maximum absolute atomic E-state index is 9.58. The molecule has 0 atom stereocenters. The first-order valence-electron chi connectivity index (χ1n) is 8.50. The first kappa shape index (κ1) is 15.8. The van der Waals surface area contributed by atoms with Gasteiger partial charge in [0.15, 0.2) is 5.65 Å². The molecule has 3 heterocycles. The van der Waals surface area contributed by atoms with Crippen molar-refractivity contribution in [2.45, 2.75) is 19.9 Å². The molecule has 1 N–H and O–H groups in total. The van der Waals surface area contributed by atoms with Crippen molar-refractivity contribution >= 4 is 17.1 Å². The molecule has 0 unspecified atom stereocenters. The molecule has 1 fully saturated rings. The predicted molar refractivity (Wildman–Crippen MR) is 95.8 cm³/mol. The molecule has 0 bridgehead atoms. The summed E-state index contributed by atoms with van der Waals surface area (Å²) >= 11 is 0. The lowest BCUT2D eigenvalue weighted by Gasteiger charge is -2.27. The zero-order chi connectivity index (χ0) is 17.4. The van der Waals surface area contributed by atoms with Crippen LogP contribution in [0.1, 0.15) is 19.9 Å². The number of hydrogen-bond acceptors (Lipinski definition) is 6. The van der Waals surface area contributed by atoms with Gasteiger partial charge in [0.05, 0.1) is 19.5 Å². The van der Waals surface area contributed by atoms with Crippen molar-refractivity contribution in [3.05, 3.63) is 30.6 Å². The first-order valence-corrected chi connectivity index (χ1v) is 8.50. The molecule has 1 aromatic carbocycles. The molecule has 130 valence electrons. The van der Waals surface area contributed by atoms with Crippen LogP contribution in [0.3, 0.4) is 0 Å². The largest absolute Gasteiger partial charge is 0.508 e. The average molecular weight is 339 g/mol. The SMILES string of the molecule is CC(C)n1cnc2c(-c3ccc(O)cc3)nc(N3CCOCC3)nc21. The van der Waals surface area contributed by atoms with E-state index in [1.807, 2.05) is 18.5 Å². The minimum atomic E-state index is 0.232. The summed E-state index contributed by atoms with van der Waals surface area (Å²) in [5.41, 5.74) is 3.30. The summed E-state index contributed by atoms with van der Waals surface area (Å²) in [5.74, 6) is 0.927. The molecule has 25 heavy (non-hydrogen) atoms. The van der Waals surface area contributed by atoms with Gasteiger partial charge in [0, 0.05) is 24.7 Å². The van der Waals surface area contributed by atoms with E-state index in [2.05, 4.69) is 28.3 Å². The molecule has 4 rings (SSSR count). The Kier molecular flexibility index (Phi) is 4.01. The van der Waals surface area contributed by atoms with Crippen LogP contribution in [-0.4, -0.2) is 50.9 Å². The number of aromatic hydroxyl groups is 1. The molecule has 0 saturated carbocycles. The normalized spacial score (nSPS) is 15.2. The van der Waals surface area contributed by atoms with Crippen molar-refractivity contribution in [2.75, 3.05) is 31.2 Å². The number of benzene rings is 1. The Morgan fingerprint density at radius 2 is 1.80 bits per heavy atom. The number of phenolic OH excluding ortho intramolecular Hbond substituents is 1. The smallest absolute Gasteiger partial charge is 0.228 e. The third-order valence-corrected chi connectivity index (χ3v) is 4.40. The van der Waals surface area contributed by atoms with Gasteiger partial charge in [-0.2, -0.15) is 4.98 Å². The van der Waals surface area contributed by atoms with Crippen LogP contribution in [-0.2, 0) is 4.74 Å². The number of aromatic nitrogens is 4. The molecule has 7 nitrogen and oxygen atoms in total. The van der Waals surface area contributed by atoms with Crippen LogP contribution in [0.2, 0.25) is 0 Å². The van der Waals surface area contributed by atoms with E-state index in [-0.39, 0.29) is 11.8 Å². The topological polar surface area (TPSA) is 76.3 Å². The second-order valence-electron chi connectivity index (χ2n) is 6.44. The maximum atomic E-state index is 9.58. The molecular weight excluding hydrogens is 318 g/mol. The zero-order valence-electron chi connectivity index (χ0n) is 14.4. The molecule has 1 aliphatic heterocycles. The highest BCUT2D eigenvalue weighted by molar-refractivity contribution is 5.88. The van der Waals surface area contributed by atoms with Crippen molar-refractivity contribution in [1.29, 1.82) is 0 Å². The first-order chi connectivity index (χ1) is 12.1. The lowest BCUT2D eigenvalue weighted by atomic mass is 10.1. The fraction of sp³-hybridized carbons (Fsp3) is 0.389. The number of anilines is 1. The van der Waals surface area contributed by atoms with Crippen LogP contribution in [0.15, 0.2) is 30.6 Å². The van der Waals surface area contributed by atoms with E-state index in [0.717, 1.165) is 35.5 Å². The number of imidazole rings is 1. The summed E-state index contributed by atoms with van der Waals surface area (Å²) in [5, 5.41) is 9.58. The fourth-order valence-electron chi connectivity index (χ4n) is 3.01.